The fourth-order valence-electron chi connectivity index (χ4n) is 13.1. The lowest BCUT2D eigenvalue weighted by atomic mass is 10.1. The van der Waals surface area contributed by atoms with Gasteiger partial charge < -0.3 is 20.1 Å². The summed E-state index contributed by atoms with van der Waals surface area (Å²) >= 11 is 0. The first-order chi connectivity index (χ1) is 52.6. The van der Waals surface area contributed by atoms with E-state index in [-0.39, 0.29) is 60.3 Å². The van der Waals surface area contributed by atoms with Crippen LogP contribution in [-0.4, -0.2) is 132 Å². The van der Waals surface area contributed by atoms with Crippen molar-refractivity contribution in [2.45, 2.75) is 85.2 Å². The molecule has 6 aromatic carbocycles. The number of carbonyl (C=O) groups is 7. The Kier molecular flexibility index (Phi) is 20.6. The average Bonchev–Trinajstić information content (AvgIpc) is 1.60. The maximum atomic E-state index is 11.9. The average molecular weight is 1440 g/mol. The summed E-state index contributed by atoms with van der Waals surface area (Å²) in [6.07, 6.45) is 15.8. The molecule has 0 fully saturated rings. The molecule has 20 rings (SSSR count). The molecular weight excluding hydrogens is 1370 g/mol. The Bertz CT molecular complexity index is 6090. The van der Waals surface area contributed by atoms with E-state index in [4.69, 9.17) is 16.4 Å². The Morgan fingerprint density at radius 3 is 1.33 bits per heavy atom. The number of rotatable bonds is 6. The second kappa shape index (κ2) is 31.2. The van der Waals surface area contributed by atoms with E-state index in [0.29, 0.717) is 103 Å². The molecule has 0 amide bonds. The Balaban J connectivity index is 0.000000107. The normalized spacial score (nSPS) is 14.3. The highest BCUT2D eigenvalue weighted by atomic mass is 16.5. The van der Waals surface area contributed by atoms with Gasteiger partial charge in [0.1, 0.15) is 52.2 Å². The van der Waals surface area contributed by atoms with Gasteiger partial charge in [-0.2, -0.15) is 35.7 Å². The molecule has 0 radical (unpaired) electrons. The fourth-order valence-corrected chi connectivity index (χ4v) is 13.1. The van der Waals surface area contributed by atoms with Crippen LogP contribution in [0, 0.1) is 20.4 Å². The van der Waals surface area contributed by atoms with Crippen molar-refractivity contribution < 1.29 is 53.6 Å². The molecule has 14 heterocycles. The zero-order chi connectivity index (χ0) is 75.1. The zero-order valence-electron chi connectivity index (χ0n) is 58.4. The van der Waals surface area contributed by atoms with Crippen LogP contribution >= 0.6 is 0 Å². The Hall–Kier alpha value is -13.9. The van der Waals surface area contributed by atoms with Gasteiger partial charge in [0, 0.05) is 122 Å². The third kappa shape index (κ3) is 14.6. The van der Waals surface area contributed by atoms with Gasteiger partial charge in [-0.15, -0.1) is 0 Å². The van der Waals surface area contributed by atoms with Crippen molar-refractivity contribution in [1.29, 1.82) is 0 Å². The molecule has 26 heteroatoms. The number of aromatic nitrogens is 7. The number of ether oxygens (including phenoxy) is 1. The lowest BCUT2D eigenvalue weighted by Gasteiger charge is -2.09. The molecule has 13 aromatic rings. The molecule has 0 bridgehead atoms. The third-order valence-electron chi connectivity index (χ3n) is 18.4. The molecule has 108 heavy (non-hydrogen) atoms. The van der Waals surface area contributed by atoms with Crippen LogP contribution < -0.4 is 4.74 Å². The van der Waals surface area contributed by atoms with Crippen LogP contribution in [0.4, 0.5) is 5.69 Å². The summed E-state index contributed by atoms with van der Waals surface area (Å²) in [4.78, 5) is 84.3. The molecule has 0 spiro atoms. The SMILES string of the molecule is Cc1cc(C)n2c1C(=O)CC=N2.O=C1CC=Nn2c1cc1cc(CO)c(CO)cc12.O=C1CC=Nn2c1cc1cc(CO)ccc12.O=C1CC=Nn2c1cc1cc(OCc3ccccc3)ccc12.O=C1CC=Nn2c1cc1ccccc12.O=C1CC=Nn2cccc21.[C-]#[N+]c1ccc2c(c1)cc1n2N=CCC1=O. The largest absolute Gasteiger partial charge is 0.489 e. The lowest BCUT2D eigenvalue weighted by Crippen LogP contribution is -2.13. The van der Waals surface area contributed by atoms with Crippen molar-refractivity contribution in [2.75, 3.05) is 0 Å². The monoisotopic (exact) mass is 1440 g/mol. The molecule has 0 aliphatic carbocycles. The smallest absolute Gasteiger partial charge is 0.187 e. The molecule has 0 unspecified atom stereocenters. The van der Waals surface area contributed by atoms with E-state index >= 15 is 0 Å². The molecule has 3 N–H and O–H groups in total. The van der Waals surface area contributed by atoms with Crippen LogP contribution in [0.15, 0.2) is 212 Å². The van der Waals surface area contributed by atoms with Gasteiger partial charge in [-0.05, 0) is 156 Å². The van der Waals surface area contributed by atoms with Crippen molar-refractivity contribution in [3.05, 3.63) is 261 Å². The second-order valence-electron chi connectivity index (χ2n) is 25.5. The molecule has 7 aliphatic rings. The lowest BCUT2D eigenvalue weighted by molar-refractivity contribution is 0.0981. The number of aliphatic hydroxyl groups is 3. The van der Waals surface area contributed by atoms with Gasteiger partial charge in [0.25, 0.3) is 0 Å². The molecule has 7 aliphatic heterocycles. The molecule has 0 saturated heterocycles. The van der Waals surface area contributed by atoms with Crippen molar-refractivity contribution in [2.24, 2.45) is 35.7 Å². The minimum absolute atomic E-state index is 0.00761. The van der Waals surface area contributed by atoms with Gasteiger partial charge in [0.15, 0.2) is 46.2 Å². The third-order valence-corrected chi connectivity index (χ3v) is 18.4. The maximum absolute atomic E-state index is 11.9. The van der Waals surface area contributed by atoms with Gasteiger partial charge in [-0.3, -0.25) is 33.6 Å². The summed E-state index contributed by atoms with van der Waals surface area (Å²) in [6, 6.07) is 52.9. The van der Waals surface area contributed by atoms with Crippen LogP contribution in [0.3, 0.4) is 0 Å². The van der Waals surface area contributed by atoms with Crippen LogP contribution in [-0.2, 0) is 26.4 Å². The predicted octanol–water partition coefficient (Wildman–Crippen LogP) is 13.3. The number of Topliss-reactive ketones (excluding diaryl/α,β-unsaturated/α-hetero) is 7. The molecule has 7 aromatic heterocycles. The van der Waals surface area contributed by atoms with E-state index in [9.17, 15) is 43.8 Å². The summed E-state index contributed by atoms with van der Waals surface area (Å²) in [6.45, 7) is 11.1. The number of hydrogen-bond acceptors (Lipinski definition) is 18. The van der Waals surface area contributed by atoms with Crippen molar-refractivity contribution in [3.8, 4) is 5.75 Å². The van der Waals surface area contributed by atoms with Gasteiger partial charge in [0.2, 0.25) is 0 Å². The number of aliphatic hydroxyl groups excluding tert-OH is 3. The zero-order valence-corrected chi connectivity index (χ0v) is 58.4. The quantitative estimate of drug-likeness (QED) is 0.131. The molecule has 26 nitrogen and oxygen atoms in total. The standard InChI is InChI=1S/C18H14N2O2.C13H12N2O3.C12H7N3O.C12H10N2O2.C11H8N2O.C9H10N2O.C7H6N2O/c21-18-8-9-19-20-16-7-6-15(10-14(16)11-17(18)20)22-12-13-4-2-1-3-5-13;16-6-9-3-8-4-12-13(18)1-2-14-15(12)11(8)5-10(9)7-17;1-13-9-2-3-10-8(6-9)7-11-12(16)4-5-14-15(10)11;15-7-8-1-2-10-9(5-8)6-11-12(16)3-4-13-14(10)11;14-11-5-6-12-13-9-4-2-1-3-8(9)7-10(11)13;1-6-5-7(2)11-9(6)8(12)3-4-10-11;10-7-3-4-8-9-5-1-2-6(7)9/h1-7,9-11H,8,12H2;2-5,16-17H,1,6-7H2;2-3,5-7H,4H2;1-2,4-6,15H,3,7H2;1-4,6-7H,5H2;4-5H,3H2,1-2H3;1-2,4-5H,3H2. The first-order valence-electron chi connectivity index (χ1n) is 34.5. The maximum Gasteiger partial charge on any atom is 0.187 e. The minimum atomic E-state index is -0.149. The molecule has 536 valence electrons. The van der Waals surface area contributed by atoms with Crippen LogP contribution in [0.2, 0.25) is 0 Å². The van der Waals surface area contributed by atoms with Crippen molar-refractivity contribution in [1.82, 2.24) is 32.7 Å². The number of ketones is 7. The van der Waals surface area contributed by atoms with E-state index in [1.54, 1.807) is 125 Å². The number of aryl methyl sites for hydroxylation is 2. The molecular formula is C82H67N15O11. The van der Waals surface area contributed by atoms with E-state index in [2.05, 4.69) is 40.6 Å². The first kappa shape index (κ1) is 71.1. The van der Waals surface area contributed by atoms with E-state index in [1.807, 2.05) is 141 Å². The molecule has 0 saturated carbocycles. The number of nitrogens with zero attached hydrogens (tertiary/aromatic N) is 15. The summed E-state index contributed by atoms with van der Waals surface area (Å²) in [5.41, 5.74) is 14.9. The number of benzene rings is 6. The summed E-state index contributed by atoms with van der Waals surface area (Å²) in [7, 11) is 0. The topological polar surface area (TPSA) is 315 Å². The van der Waals surface area contributed by atoms with E-state index in [0.717, 1.165) is 88.3 Å². The highest BCUT2D eigenvalue weighted by Gasteiger charge is 2.24. The van der Waals surface area contributed by atoms with Crippen molar-refractivity contribution >= 4 is 144 Å². The van der Waals surface area contributed by atoms with Gasteiger partial charge in [-0.25, -0.2) is 37.6 Å². The summed E-state index contributed by atoms with van der Waals surface area (Å²) < 4.78 is 17.4. The van der Waals surface area contributed by atoms with Crippen molar-refractivity contribution in [3.63, 3.8) is 0 Å². The highest BCUT2D eigenvalue weighted by molar-refractivity contribution is 6.12. The Morgan fingerprint density at radius 2 is 0.806 bits per heavy atom. The Labute approximate surface area is 615 Å². The number of para-hydroxylation sites is 1. The first-order valence-corrected chi connectivity index (χ1v) is 34.5. The number of carbonyl (C=O) groups excluding carboxylic acids is 7. The minimum Gasteiger partial charge on any atom is -0.489 e. The summed E-state index contributed by atoms with van der Waals surface area (Å²) in [5, 5.41) is 61.4. The van der Waals surface area contributed by atoms with Crippen LogP contribution in [0.1, 0.15) is 152 Å². The van der Waals surface area contributed by atoms with E-state index < -0.39 is 0 Å². The summed E-state index contributed by atoms with van der Waals surface area (Å²) in [5.74, 6) is 1.49. The second-order valence-corrected chi connectivity index (χ2v) is 25.5. The number of fused-ring (bicyclic) bond motifs is 17. The Morgan fingerprint density at radius 1 is 0.370 bits per heavy atom. The predicted molar refractivity (Wildman–Crippen MR) is 413 cm³/mol. The fraction of sp³-hybridized carbons (Fsp3) is 0.159. The van der Waals surface area contributed by atoms with Crippen LogP contribution in [0.25, 0.3) is 59.4 Å². The number of hydrogen-bond donors (Lipinski definition) is 3. The van der Waals surface area contributed by atoms with Gasteiger partial charge in [0.05, 0.1) is 54.0 Å². The highest BCUT2D eigenvalue weighted by Crippen LogP contribution is 2.32. The van der Waals surface area contributed by atoms with Crippen LogP contribution in [0.5, 0.6) is 5.75 Å². The van der Waals surface area contributed by atoms with E-state index in [1.165, 1.54) is 0 Å². The molecule has 0 atom stereocenters. The van der Waals surface area contributed by atoms with Gasteiger partial charge in [-0.1, -0.05) is 60.7 Å². The van der Waals surface area contributed by atoms with Gasteiger partial charge >= 0.3 is 0 Å².